The quantitative estimate of drug-likeness (QED) is 0.865. The molecule has 6 heteroatoms. The van der Waals surface area contributed by atoms with Crippen molar-refractivity contribution in [3.8, 4) is 0 Å². The molecule has 104 valence electrons. The molecule has 2 rings (SSSR count). The number of carboxylic acid groups (broad SMARTS) is 1. The van der Waals surface area contributed by atoms with Crippen molar-refractivity contribution in [3.63, 3.8) is 0 Å². The van der Waals surface area contributed by atoms with E-state index in [-0.39, 0.29) is 18.9 Å². The van der Waals surface area contributed by atoms with Gasteiger partial charge in [0.15, 0.2) is 0 Å². The van der Waals surface area contributed by atoms with Crippen molar-refractivity contribution in [1.82, 2.24) is 9.88 Å². The Kier molecular flexibility index (Phi) is 4.19. The molecule has 1 N–H and O–H groups in total. The minimum atomic E-state index is -0.893. The molecule has 0 aromatic carbocycles. The fourth-order valence-corrected chi connectivity index (χ4v) is 3.02. The first-order chi connectivity index (χ1) is 8.97. The maximum Gasteiger partial charge on any atom is 0.305 e. The van der Waals surface area contributed by atoms with Crippen LogP contribution in [-0.4, -0.2) is 40.5 Å². The standard InChI is InChI=1S/C13H18N2O3S/c1-8-12(13(18)15(2)6-5-11(16)17)19-10(14-8)7-9-3-4-9/h9H,3-7H2,1-2H3,(H,16,17). The maximum atomic E-state index is 12.2. The first-order valence-corrected chi connectivity index (χ1v) is 7.22. The highest BCUT2D eigenvalue weighted by molar-refractivity contribution is 7.13. The van der Waals surface area contributed by atoms with Crippen molar-refractivity contribution in [2.24, 2.45) is 5.92 Å². The lowest BCUT2D eigenvalue weighted by atomic mass is 10.3. The molecule has 1 amide bonds. The van der Waals surface area contributed by atoms with Gasteiger partial charge in [-0.1, -0.05) is 0 Å². The highest BCUT2D eigenvalue weighted by atomic mass is 32.1. The number of thiazole rings is 1. The van der Waals surface area contributed by atoms with Crippen LogP contribution in [0.4, 0.5) is 0 Å². The number of aryl methyl sites for hydroxylation is 1. The van der Waals surface area contributed by atoms with E-state index in [0.29, 0.717) is 4.88 Å². The maximum absolute atomic E-state index is 12.2. The Morgan fingerprint density at radius 1 is 1.47 bits per heavy atom. The van der Waals surface area contributed by atoms with Crippen LogP contribution in [0.3, 0.4) is 0 Å². The van der Waals surface area contributed by atoms with Crippen LogP contribution in [0.5, 0.6) is 0 Å². The third-order valence-corrected chi connectivity index (χ3v) is 4.37. The van der Waals surface area contributed by atoms with E-state index < -0.39 is 5.97 Å². The van der Waals surface area contributed by atoms with Crippen molar-refractivity contribution in [3.05, 3.63) is 15.6 Å². The van der Waals surface area contributed by atoms with Gasteiger partial charge in [0.05, 0.1) is 17.1 Å². The molecule has 0 bridgehead atoms. The largest absolute Gasteiger partial charge is 0.481 e. The van der Waals surface area contributed by atoms with Crippen LogP contribution in [0.1, 0.15) is 39.6 Å². The number of hydrogen-bond acceptors (Lipinski definition) is 4. The fraction of sp³-hybridized carbons (Fsp3) is 0.615. The predicted molar refractivity (Wildman–Crippen MR) is 72.5 cm³/mol. The summed E-state index contributed by atoms with van der Waals surface area (Å²) < 4.78 is 0. The highest BCUT2D eigenvalue weighted by Crippen LogP contribution is 2.34. The molecule has 1 aliphatic carbocycles. The summed E-state index contributed by atoms with van der Waals surface area (Å²) in [5, 5.41) is 9.65. The van der Waals surface area contributed by atoms with Gasteiger partial charge in [0, 0.05) is 20.0 Å². The summed E-state index contributed by atoms with van der Waals surface area (Å²) in [5.74, 6) is -0.272. The zero-order valence-electron chi connectivity index (χ0n) is 11.2. The summed E-state index contributed by atoms with van der Waals surface area (Å²) in [6, 6.07) is 0. The molecule has 1 aromatic rings. The summed E-state index contributed by atoms with van der Waals surface area (Å²) in [5.41, 5.74) is 0.757. The SMILES string of the molecule is Cc1nc(CC2CC2)sc1C(=O)N(C)CCC(=O)O. The number of aliphatic carboxylic acids is 1. The Morgan fingerprint density at radius 3 is 2.74 bits per heavy atom. The molecule has 0 spiro atoms. The highest BCUT2D eigenvalue weighted by Gasteiger charge is 2.25. The van der Waals surface area contributed by atoms with Gasteiger partial charge in [0.25, 0.3) is 5.91 Å². The van der Waals surface area contributed by atoms with Gasteiger partial charge >= 0.3 is 5.97 Å². The third-order valence-electron chi connectivity index (χ3n) is 3.20. The van der Waals surface area contributed by atoms with Crippen LogP contribution in [-0.2, 0) is 11.2 Å². The van der Waals surface area contributed by atoms with E-state index in [9.17, 15) is 9.59 Å². The average molecular weight is 282 g/mol. The zero-order valence-corrected chi connectivity index (χ0v) is 12.0. The van der Waals surface area contributed by atoms with Crippen molar-refractivity contribution < 1.29 is 14.7 Å². The summed E-state index contributed by atoms with van der Waals surface area (Å²) in [4.78, 5) is 29.3. The normalized spacial score (nSPS) is 14.4. The van der Waals surface area contributed by atoms with Gasteiger partial charge in [-0.2, -0.15) is 0 Å². The lowest BCUT2D eigenvalue weighted by Crippen LogP contribution is -2.28. The minimum Gasteiger partial charge on any atom is -0.481 e. The summed E-state index contributed by atoms with van der Waals surface area (Å²) in [7, 11) is 1.63. The van der Waals surface area contributed by atoms with Gasteiger partial charge in [-0.3, -0.25) is 9.59 Å². The van der Waals surface area contributed by atoms with Crippen LogP contribution in [0.25, 0.3) is 0 Å². The van der Waals surface area contributed by atoms with Gasteiger partial charge in [0.2, 0.25) is 0 Å². The van der Waals surface area contributed by atoms with Crippen LogP contribution >= 0.6 is 11.3 Å². The Labute approximate surface area is 116 Å². The molecule has 0 aliphatic heterocycles. The van der Waals surface area contributed by atoms with Crippen molar-refractivity contribution in [2.75, 3.05) is 13.6 Å². The molecule has 0 unspecified atom stereocenters. The molecule has 1 fully saturated rings. The lowest BCUT2D eigenvalue weighted by molar-refractivity contribution is -0.137. The number of carbonyl (C=O) groups is 2. The molecular weight excluding hydrogens is 264 g/mol. The van der Waals surface area contributed by atoms with Crippen LogP contribution in [0.2, 0.25) is 0 Å². The molecule has 5 nitrogen and oxygen atoms in total. The van der Waals surface area contributed by atoms with E-state index in [1.165, 1.54) is 29.1 Å². The molecule has 0 saturated heterocycles. The second-order valence-corrected chi connectivity index (χ2v) is 6.12. The Bertz CT molecular complexity index is 494. The van der Waals surface area contributed by atoms with Crippen LogP contribution in [0.15, 0.2) is 0 Å². The van der Waals surface area contributed by atoms with Gasteiger partial charge < -0.3 is 10.0 Å². The van der Waals surface area contributed by atoms with Crippen molar-refractivity contribution >= 4 is 23.2 Å². The monoisotopic (exact) mass is 282 g/mol. The van der Waals surface area contributed by atoms with E-state index in [2.05, 4.69) is 4.98 Å². The Morgan fingerprint density at radius 2 is 2.16 bits per heavy atom. The van der Waals surface area contributed by atoms with E-state index in [1.54, 1.807) is 7.05 Å². The Hall–Kier alpha value is -1.43. The second-order valence-electron chi connectivity index (χ2n) is 5.04. The number of aromatic nitrogens is 1. The predicted octanol–water partition coefficient (Wildman–Crippen LogP) is 1.95. The minimum absolute atomic E-state index is 0.0327. The zero-order chi connectivity index (χ0) is 14.0. The van der Waals surface area contributed by atoms with Crippen molar-refractivity contribution in [1.29, 1.82) is 0 Å². The fourth-order valence-electron chi connectivity index (χ4n) is 1.85. The number of amides is 1. The van der Waals surface area contributed by atoms with E-state index >= 15 is 0 Å². The first-order valence-electron chi connectivity index (χ1n) is 6.41. The molecule has 1 saturated carbocycles. The first kappa shape index (κ1) is 14.0. The average Bonchev–Trinajstić information content (AvgIpc) is 3.08. The van der Waals surface area contributed by atoms with Crippen LogP contribution < -0.4 is 0 Å². The number of carbonyl (C=O) groups excluding carboxylic acids is 1. The molecule has 1 heterocycles. The van der Waals surface area contributed by atoms with Crippen LogP contribution in [0, 0.1) is 12.8 Å². The van der Waals surface area contributed by atoms with Crippen molar-refractivity contribution in [2.45, 2.75) is 32.6 Å². The molecule has 1 aliphatic rings. The van der Waals surface area contributed by atoms with Gasteiger partial charge in [0.1, 0.15) is 4.88 Å². The number of nitrogens with zero attached hydrogens (tertiary/aromatic N) is 2. The Balaban J connectivity index is 2.00. The topological polar surface area (TPSA) is 70.5 Å². The lowest BCUT2D eigenvalue weighted by Gasteiger charge is -2.14. The molecule has 0 atom stereocenters. The number of hydrogen-bond donors (Lipinski definition) is 1. The number of rotatable bonds is 6. The molecule has 19 heavy (non-hydrogen) atoms. The molecule has 1 aromatic heterocycles. The third kappa shape index (κ3) is 3.76. The second kappa shape index (κ2) is 5.69. The number of carboxylic acids is 1. The molecular formula is C13H18N2O3S. The van der Waals surface area contributed by atoms with Gasteiger partial charge in [-0.15, -0.1) is 11.3 Å². The van der Waals surface area contributed by atoms with Gasteiger partial charge in [-0.25, -0.2) is 4.98 Å². The summed E-state index contributed by atoms with van der Waals surface area (Å²) >= 11 is 1.45. The van der Waals surface area contributed by atoms with Gasteiger partial charge in [-0.05, 0) is 25.7 Å². The van der Waals surface area contributed by atoms with E-state index in [0.717, 1.165) is 23.0 Å². The van der Waals surface area contributed by atoms with E-state index in [1.807, 2.05) is 6.92 Å². The summed E-state index contributed by atoms with van der Waals surface area (Å²) in [6.45, 7) is 2.06. The van der Waals surface area contributed by atoms with E-state index in [4.69, 9.17) is 5.11 Å². The summed E-state index contributed by atoms with van der Waals surface area (Å²) in [6.07, 6.45) is 3.47. The molecule has 0 radical (unpaired) electrons. The smallest absolute Gasteiger partial charge is 0.305 e.